The van der Waals surface area contributed by atoms with E-state index in [9.17, 15) is 0 Å². The molecule has 0 heterocycles. The van der Waals surface area contributed by atoms with Crippen molar-refractivity contribution in [3.63, 3.8) is 0 Å². The SMILES string of the molecule is C=CCCCOc1c(Br)cc(CO)cc1Br. The Morgan fingerprint density at radius 1 is 1.31 bits per heavy atom. The molecule has 0 bridgehead atoms. The fraction of sp³-hybridized carbons (Fsp3) is 0.333. The lowest BCUT2D eigenvalue weighted by molar-refractivity contribution is 0.280. The van der Waals surface area contributed by atoms with Gasteiger partial charge >= 0.3 is 0 Å². The molecule has 0 aromatic heterocycles. The number of aliphatic hydroxyl groups is 1. The highest BCUT2D eigenvalue weighted by molar-refractivity contribution is 9.11. The van der Waals surface area contributed by atoms with Gasteiger partial charge in [-0.2, -0.15) is 0 Å². The van der Waals surface area contributed by atoms with Crippen LogP contribution in [-0.2, 0) is 6.61 Å². The zero-order chi connectivity index (χ0) is 12.0. The van der Waals surface area contributed by atoms with Crippen LogP contribution in [0, 0.1) is 0 Å². The summed E-state index contributed by atoms with van der Waals surface area (Å²) in [6, 6.07) is 3.71. The van der Waals surface area contributed by atoms with E-state index in [2.05, 4.69) is 38.4 Å². The average Bonchev–Trinajstić information content (AvgIpc) is 2.26. The summed E-state index contributed by atoms with van der Waals surface area (Å²) >= 11 is 6.84. The molecule has 0 aliphatic heterocycles. The van der Waals surface area contributed by atoms with E-state index >= 15 is 0 Å². The minimum Gasteiger partial charge on any atom is -0.491 e. The van der Waals surface area contributed by atoms with Crippen molar-refractivity contribution in [2.24, 2.45) is 0 Å². The summed E-state index contributed by atoms with van der Waals surface area (Å²) in [6.45, 7) is 4.34. The number of ether oxygens (including phenoxy) is 1. The molecule has 0 saturated carbocycles. The van der Waals surface area contributed by atoms with Crippen molar-refractivity contribution in [1.29, 1.82) is 0 Å². The van der Waals surface area contributed by atoms with E-state index in [4.69, 9.17) is 9.84 Å². The van der Waals surface area contributed by atoms with E-state index in [-0.39, 0.29) is 6.61 Å². The number of hydrogen-bond donors (Lipinski definition) is 1. The van der Waals surface area contributed by atoms with E-state index in [1.807, 2.05) is 18.2 Å². The lowest BCUT2D eigenvalue weighted by Gasteiger charge is -2.11. The number of benzene rings is 1. The van der Waals surface area contributed by atoms with Gasteiger partial charge in [0.25, 0.3) is 0 Å². The van der Waals surface area contributed by atoms with Crippen LogP contribution in [0.1, 0.15) is 18.4 Å². The quantitative estimate of drug-likeness (QED) is 0.620. The van der Waals surface area contributed by atoms with Gasteiger partial charge in [-0.3, -0.25) is 0 Å². The van der Waals surface area contributed by atoms with Crippen LogP contribution in [0.4, 0.5) is 0 Å². The Morgan fingerprint density at radius 3 is 2.44 bits per heavy atom. The summed E-state index contributed by atoms with van der Waals surface area (Å²) in [6.07, 6.45) is 3.77. The van der Waals surface area contributed by atoms with Gasteiger partial charge in [0.1, 0.15) is 5.75 Å². The molecule has 88 valence electrons. The van der Waals surface area contributed by atoms with Gasteiger partial charge in [-0.15, -0.1) is 6.58 Å². The first-order chi connectivity index (χ1) is 7.69. The van der Waals surface area contributed by atoms with Crippen LogP contribution in [0.2, 0.25) is 0 Å². The molecule has 0 aliphatic carbocycles. The first-order valence-electron chi connectivity index (χ1n) is 5.01. The summed E-state index contributed by atoms with van der Waals surface area (Å²) in [5.74, 6) is 0.779. The van der Waals surface area contributed by atoms with E-state index in [0.29, 0.717) is 6.61 Å². The van der Waals surface area contributed by atoms with Gasteiger partial charge in [0, 0.05) is 0 Å². The zero-order valence-corrected chi connectivity index (χ0v) is 12.1. The summed E-state index contributed by atoms with van der Waals surface area (Å²) in [5, 5.41) is 9.03. The molecule has 16 heavy (non-hydrogen) atoms. The van der Waals surface area contributed by atoms with Crippen LogP contribution in [0.3, 0.4) is 0 Å². The first-order valence-corrected chi connectivity index (χ1v) is 6.60. The van der Waals surface area contributed by atoms with Crippen molar-refractivity contribution >= 4 is 31.9 Å². The third-order valence-corrected chi connectivity index (χ3v) is 3.22. The molecule has 1 N–H and O–H groups in total. The molecule has 1 aromatic rings. The Hall–Kier alpha value is -0.320. The monoisotopic (exact) mass is 348 g/mol. The van der Waals surface area contributed by atoms with Crippen molar-refractivity contribution in [1.82, 2.24) is 0 Å². The molecule has 0 atom stereocenters. The van der Waals surface area contributed by atoms with Gasteiger partial charge in [-0.1, -0.05) is 6.08 Å². The van der Waals surface area contributed by atoms with Crippen LogP contribution < -0.4 is 4.74 Å². The summed E-state index contributed by atoms with van der Waals surface area (Å²) < 4.78 is 7.35. The molecule has 0 spiro atoms. The van der Waals surface area contributed by atoms with Crippen LogP contribution in [0.15, 0.2) is 33.7 Å². The number of halogens is 2. The largest absolute Gasteiger partial charge is 0.491 e. The molecule has 4 heteroatoms. The van der Waals surface area contributed by atoms with Crippen LogP contribution >= 0.6 is 31.9 Å². The second kappa shape index (κ2) is 7.09. The van der Waals surface area contributed by atoms with Gasteiger partial charge < -0.3 is 9.84 Å². The highest BCUT2D eigenvalue weighted by Crippen LogP contribution is 2.34. The molecule has 0 saturated heterocycles. The number of unbranched alkanes of at least 4 members (excludes halogenated alkanes) is 1. The first kappa shape index (κ1) is 13.7. The summed E-state index contributed by atoms with van der Waals surface area (Å²) in [4.78, 5) is 0. The second-order valence-corrected chi connectivity index (χ2v) is 5.03. The normalized spacial score (nSPS) is 10.2. The van der Waals surface area contributed by atoms with Gasteiger partial charge in [0.05, 0.1) is 22.2 Å². The molecule has 1 aromatic carbocycles. The standard InChI is InChI=1S/C12H14Br2O2/c1-2-3-4-5-16-12-10(13)6-9(8-15)7-11(12)14/h2,6-7,15H,1,3-5,8H2. The Morgan fingerprint density at radius 2 is 1.94 bits per heavy atom. The Bertz CT molecular complexity index is 341. The van der Waals surface area contributed by atoms with E-state index < -0.39 is 0 Å². The Labute approximate surface area is 113 Å². The second-order valence-electron chi connectivity index (χ2n) is 3.33. The smallest absolute Gasteiger partial charge is 0.147 e. The predicted octanol–water partition coefficient (Wildman–Crippen LogP) is 4.05. The van der Waals surface area contributed by atoms with E-state index in [0.717, 1.165) is 33.1 Å². The predicted molar refractivity (Wildman–Crippen MR) is 72.7 cm³/mol. The third kappa shape index (κ3) is 3.92. The lowest BCUT2D eigenvalue weighted by Crippen LogP contribution is -1.99. The maximum absolute atomic E-state index is 9.03. The van der Waals surface area contributed by atoms with Crippen LogP contribution in [0.25, 0.3) is 0 Å². The minimum atomic E-state index is 0.0218. The summed E-state index contributed by atoms with van der Waals surface area (Å²) in [5.41, 5.74) is 0.845. The molecule has 2 nitrogen and oxygen atoms in total. The fourth-order valence-electron chi connectivity index (χ4n) is 1.24. The number of hydrogen-bond acceptors (Lipinski definition) is 2. The minimum absolute atomic E-state index is 0.0218. The van der Waals surface area contributed by atoms with Crippen LogP contribution in [-0.4, -0.2) is 11.7 Å². The maximum Gasteiger partial charge on any atom is 0.147 e. The number of rotatable bonds is 6. The van der Waals surface area contributed by atoms with Crippen molar-refractivity contribution in [2.45, 2.75) is 19.4 Å². The molecule has 1 rings (SSSR count). The Balaban J connectivity index is 2.68. The van der Waals surface area contributed by atoms with E-state index in [1.165, 1.54) is 0 Å². The van der Waals surface area contributed by atoms with E-state index in [1.54, 1.807) is 0 Å². The zero-order valence-electron chi connectivity index (χ0n) is 8.88. The van der Waals surface area contributed by atoms with Gasteiger partial charge in [0.15, 0.2) is 0 Å². The maximum atomic E-state index is 9.03. The van der Waals surface area contributed by atoms with Crippen LogP contribution in [0.5, 0.6) is 5.75 Å². The topological polar surface area (TPSA) is 29.5 Å². The lowest BCUT2D eigenvalue weighted by atomic mass is 10.2. The van der Waals surface area contributed by atoms with Crippen molar-refractivity contribution < 1.29 is 9.84 Å². The van der Waals surface area contributed by atoms with Crippen molar-refractivity contribution in [2.75, 3.05) is 6.61 Å². The molecular weight excluding hydrogens is 336 g/mol. The molecule has 0 radical (unpaired) electrons. The fourth-order valence-corrected chi connectivity index (χ4v) is 2.75. The Kier molecular flexibility index (Phi) is 6.09. The molecule has 0 aliphatic rings. The highest BCUT2D eigenvalue weighted by atomic mass is 79.9. The highest BCUT2D eigenvalue weighted by Gasteiger charge is 2.08. The number of allylic oxidation sites excluding steroid dienone is 1. The van der Waals surface area contributed by atoms with Crippen molar-refractivity contribution in [3.8, 4) is 5.75 Å². The molecule has 0 unspecified atom stereocenters. The summed E-state index contributed by atoms with van der Waals surface area (Å²) in [7, 11) is 0. The molecular formula is C12H14Br2O2. The average molecular weight is 350 g/mol. The van der Waals surface area contributed by atoms with Crippen molar-refractivity contribution in [3.05, 3.63) is 39.3 Å². The molecule has 0 fully saturated rings. The number of aliphatic hydroxyl groups excluding tert-OH is 1. The van der Waals surface area contributed by atoms with Gasteiger partial charge in [-0.25, -0.2) is 0 Å². The third-order valence-electron chi connectivity index (χ3n) is 2.04. The molecule has 0 amide bonds. The van der Waals surface area contributed by atoms with Gasteiger partial charge in [-0.05, 0) is 62.4 Å². The van der Waals surface area contributed by atoms with Gasteiger partial charge in [0.2, 0.25) is 0 Å².